The maximum absolute atomic E-state index is 12.9. The van der Waals surface area contributed by atoms with Gasteiger partial charge in [-0.25, -0.2) is 12.8 Å². The third kappa shape index (κ3) is 3.57. The Labute approximate surface area is 102 Å². The fraction of sp³-hybridized carbons (Fsp3) is 0.222. The van der Waals surface area contributed by atoms with Crippen molar-refractivity contribution in [3.8, 4) is 0 Å². The van der Waals surface area contributed by atoms with Crippen molar-refractivity contribution in [3.63, 3.8) is 0 Å². The maximum Gasteiger partial charge on any atom is 0.324 e. The van der Waals surface area contributed by atoms with E-state index in [1.54, 1.807) is 0 Å². The Morgan fingerprint density at radius 2 is 2.12 bits per heavy atom. The molecule has 0 aliphatic rings. The van der Waals surface area contributed by atoms with Crippen molar-refractivity contribution in [3.05, 3.63) is 29.0 Å². The van der Waals surface area contributed by atoms with Gasteiger partial charge in [-0.05, 0) is 18.2 Å². The molecule has 17 heavy (non-hydrogen) atoms. The molecule has 0 aliphatic carbocycles. The quantitative estimate of drug-likeness (QED) is 0.903. The van der Waals surface area contributed by atoms with Gasteiger partial charge in [0.05, 0.1) is 17.0 Å². The van der Waals surface area contributed by atoms with Crippen molar-refractivity contribution in [1.29, 1.82) is 0 Å². The average Bonchev–Trinajstić information content (AvgIpc) is 2.17. The van der Waals surface area contributed by atoms with Crippen LogP contribution in [-0.2, 0) is 14.8 Å². The van der Waals surface area contributed by atoms with Gasteiger partial charge in [-0.1, -0.05) is 11.6 Å². The van der Waals surface area contributed by atoms with E-state index < -0.39 is 28.4 Å². The summed E-state index contributed by atoms with van der Waals surface area (Å²) < 4.78 is 36.3. The van der Waals surface area contributed by atoms with Gasteiger partial charge in [0.1, 0.15) is 12.4 Å². The zero-order valence-electron chi connectivity index (χ0n) is 8.72. The first-order chi connectivity index (χ1) is 7.71. The van der Waals surface area contributed by atoms with E-state index >= 15 is 0 Å². The van der Waals surface area contributed by atoms with Crippen molar-refractivity contribution in [2.24, 2.45) is 0 Å². The highest BCUT2D eigenvalue weighted by molar-refractivity contribution is 7.92. The predicted octanol–water partition coefficient (Wildman–Crippen LogP) is 1.33. The molecule has 0 aromatic heterocycles. The molecule has 0 amide bonds. The molecule has 0 saturated carbocycles. The van der Waals surface area contributed by atoms with E-state index in [9.17, 15) is 17.6 Å². The maximum atomic E-state index is 12.9. The fourth-order valence-corrected chi connectivity index (χ4v) is 2.18. The molecule has 1 aromatic rings. The first-order valence-electron chi connectivity index (χ1n) is 4.36. The van der Waals surface area contributed by atoms with Gasteiger partial charge in [-0.3, -0.25) is 9.10 Å². The number of aliphatic carboxylic acids is 1. The highest BCUT2D eigenvalue weighted by Crippen LogP contribution is 2.24. The minimum absolute atomic E-state index is 0.00120. The second-order valence-electron chi connectivity index (χ2n) is 3.26. The third-order valence-electron chi connectivity index (χ3n) is 1.87. The number of benzene rings is 1. The molecule has 1 aromatic carbocycles. The number of hydrogen-bond acceptors (Lipinski definition) is 3. The normalized spacial score (nSPS) is 11.2. The molecule has 0 spiro atoms. The van der Waals surface area contributed by atoms with E-state index in [-0.39, 0.29) is 10.7 Å². The summed E-state index contributed by atoms with van der Waals surface area (Å²) in [6.45, 7) is -0.749. The van der Waals surface area contributed by atoms with Crippen LogP contribution in [0.1, 0.15) is 0 Å². The highest BCUT2D eigenvalue weighted by atomic mass is 35.5. The monoisotopic (exact) mass is 281 g/mol. The molecule has 0 atom stereocenters. The van der Waals surface area contributed by atoms with Crippen LogP contribution in [0.25, 0.3) is 0 Å². The second kappa shape index (κ2) is 4.89. The van der Waals surface area contributed by atoms with E-state index in [2.05, 4.69) is 0 Å². The molecule has 5 nitrogen and oxygen atoms in total. The second-order valence-corrected chi connectivity index (χ2v) is 5.58. The molecule has 1 rings (SSSR count). The molecule has 8 heteroatoms. The number of hydrogen-bond donors (Lipinski definition) is 1. The largest absolute Gasteiger partial charge is 0.480 e. The Bertz CT molecular complexity index is 546. The van der Waals surface area contributed by atoms with Crippen LogP contribution >= 0.6 is 11.6 Å². The van der Waals surface area contributed by atoms with Crippen LogP contribution in [-0.4, -0.2) is 32.3 Å². The van der Waals surface area contributed by atoms with Gasteiger partial charge in [-0.15, -0.1) is 0 Å². The van der Waals surface area contributed by atoms with Crippen molar-refractivity contribution in [2.75, 3.05) is 17.1 Å². The van der Waals surface area contributed by atoms with E-state index in [1.807, 2.05) is 0 Å². The van der Waals surface area contributed by atoms with E-state index in [4.69, 9.17) is 16.7 Å². The van der Waals surface area contributed by atoms with Crippen molar-refractivity contribution in [1.82, 2.24) is 0 Å². The number of carboxylic acids is 1. The number of carboxylic acid groups (broad SMARTS) is 1. The van der Waals surface area contributed by atoms with Crippen LogP contribution in [0.15, 0.2) is 18.2 Å². The Morgan fingerprint density at radius 3 is 2.53 bits per heavy atom. The van der Waals surface area contributed by atoms with Crippen LogP contribution in [0.4, 0.5) is 10.1 Å². The first kappa shape index (κ1) is 13.7. The first-order valence-corrected chi connectivity index (χ1v) is 6.59. The third-order valence-corrected chi connectivity index (χ3v) is 3.30. The molecule has 0 unspecified atom stereocenters. The van der Waals surface area contributed by atoms with Gasteiger partial charge in [0.15, 0.2) is 0 Å². The number of carbonyl (C=O) groups is 1. The van der Waals surface area contributed by atoms with Gasteiger partial charge in [0, 0.05) is 0 Å². The number of anilines is 1. The molecule has 0 aliphatic heterocycles. The summed E-state index contributed by atoms with van der Waals surface area (Å²) in [5.41, 5.74) is 0.00120. The smallest absolute Gasteiger partial charge is 0.324 e. The van der Waals surface area contributed by atoms with Gasteiger partial charge in [-0.2, -0.15) is 0 Å². The summed E-state index contributed by atoms with van der Waals surface area (Å²) >= 11 is 5.50. The lowest BCUT2D eigenvalue weighted by molar-refractivity contribution is -0.135. The average molecular weight is 282 g/mol. The topological polar surface area (TPSA) is 74.7 Å². The van der Waals surface area contributed by atoms with Crippen LogP contribution in [0.3, 0.4) is 0 Å². The summed E-state index contributed by atoms with van der Waals surface area (Å²) in [5, 5.41) is 8.34. The molecule has 0 saturated heterocycles. The van der Waals surface area contributed by atoms with Gasteiger partial charge < -0.3 is 5.11 Å². The summed E-state index contributed by atoms with van der Waals surface area (Å²) in [6.07, 6.45) is 0.854. The summed E-state index contributed by atoms with van der Waals surface area (Å²) in [7, 11) is -3.77. The summed E-state index contributed by atoms with van der Waals surface area (Å²) in [5.74, 6) is -2.03. The fourth-order valence-electron chi connectivity index (χ4n) is 1.16. The number of halogens is 2. The molecule has 94 valence electrons. The molecule has 0 fully saturated rings. The van der Waals surface area contributed by atoms with Crippen LogP contribution < -0.4 is 4.31 Å². The number of rotatable bonds is 4. The summed E-state index contributed by atoms with van der Waals surface area (Å²) in [6, 6.07) is 3.17. The Balaban J connectivity index is 3.22. The minimum Gasteiger partial charge on any atom is -0.480 e. The van der Waals surface area contributed by atoms with Crippen LogP contribution in [0, 0.1) is 5.82 Å². The molecule has 1 N–H and O–H groups in total. The SMILES string of the molecule is CS(=O)(=O)N(CC(=O)O)c1ccc(F)c(Cl)c1. The van der Waals surface area contributed by atoms with E-state index in [0.29, 0.717) is 4.31 Å². The lowest BCUT2D eigenvalue weighted by Crippen LogP contribution is -2.34. The molecule has 0 radical (unpaired) electrons. The van der Waals surface area contributed by atoms with E-state index in [1.165, 1.54) is 0 Å². The molecular formula is C9H9ClFNO4S. The lowest BCUT2D eigenvalue weighted by Gasteiger charge is -2.20. The van der Waals surface area contributed by atoms with Gasteiger partial charge in [0.2, 0.25) is 10.0 Å². The van der Waals surface area contributed by atoms with Crippen LogP contribution in [0.2, 0.25) is 5.02 Å². The lowest BCUT2D eigenvalue weighted by atomic mass is 10.3. The van der Waals surface area contributed by atoms with Gasteiger partial charge >= 0.3 is 5.97 Å². The Hall–Kier alpha value is -1.34. The Kier molecular flexibility index (Phi) is 3.94. The molecule has 0 heterocycles. The van der Waals surface area contributed by atoms with E-state index in [0.717, 1.165) is 24.5 Å². The zero-order valence-corrected chi connectivity index (χ0v) is 10.3. The number of sulfonamides is 1. The van der Waals surface area contributed by atoms with Gasteiger partial charge in [0.25, 0.3) is 0 Å². The minimum atomic E-state index is -3.77. The van der Waals surface area contributed by atoms with Crippen molar-refractivity contribution < 1.29 is 22.7 Å². The summed E-state index contributed by atoms with van der Waals surface area (Å²) in [4.78, 5) is 10.6. The molecule has 0 bridgehead atoms. The van der Waals surface area contributed by atoms with Crippen molar-refractivity contribution >= 4 is 33.3 Å². The Morgan fingerprint density at radius 1 is 1.53 bits per heavy atom. The highest BCUT2D eigenvalue weighted by Gasteiger charge is 2.21. The standard InChI is InChI=1S/C9H9ClFNO4S/c1-17(15,16)12(5-9(13)14)6-2-3-8(11)7(10)4-6/h2-4H,5H2,1H3,(H,13,14). The molecular weight excluding hydrogens is 273 g/mol. The van der Waals surface area contributed by atoms with Crippen molar-refractivity contribution in [2.45, 2.75) is 0 Å². The predicted molar refractivity (Wildman–Crippen MR) is 61.2 cm³/mol. The van der Waals surface area contributed by atoms with Crippen LogP contribution in [0.5, 0.6) is 0 Å². The number of nitrogens with zero attached hydrogens (tertiary/aromatic N) is 1. The zero-order chi connectivity index (χ0) is 13.2.